The van der Waals surface area contributed by atoms with E-state index in [1.54, 1.807) is 0 Å². The highest BCUT2D eigenvalue weighted by atomic mass is 16.5. The lowest BCUT2D eigenvalue weighted by atomic mass is 10.2. The molecule has 4 heteroatoms. The Morgan fingerprint density at radius 1 is 1.36 bits per heavy atom. The fraction of sp³-hybridized carbons (Fsp3) is 0.400. The van der Waals surface area contributed by atoms with E-state index < -0.39 is 6.10 Å². The summed E-state index contributed by atoms with van der Waals surface area (Å²) in [6.45, 7) is 0.198. The molecule has 0 aliphatic carbocycles. The zero-order valence-electron chi connectivity index (χ0n) is 7.80. The molecule has 0 aliphatic rings. The Bertz CT molecular complexity index is 263. The Balaban J connectivity index is 2.35. The molecule has 0 aliphatic heterocycles. The van der Waals surface area contributed by atoms with Crippen molar-refractivity contribution in [3.8, 4) is 0 Å². The van der Waals surface area contributed by atoms with Gasteiger partial charge < -0.3 is 9.84 Å². The fourth-order valence-corrected chi connectivity index (χ4v) is 1.03. The second kappa shape index (κ2) is 6.23. The molecule has 0 aromatic heterocycles. The maximum Gasteiger partial charge on any atom is 0.110 e. The van der Waals surface area contributed by atoms with Gasteiger partial charge in [0.15, 0.2) is 0 Å². The molecule has 0 bridgehead atoms. The van der Waals surface area contributed by atoms with Crippen molar-refractivity contribution in [1.29, 1.82) is 0 Å². The molecule has 0 saturated heterocycles. The quantitative estimate of drug-likeness (QED) is 0.696. The molecule has 0 spiro atoms. The van der Waals surface area contributed by atoms with E-state index in [1.165, 1.54) is 0 Å². The lowest BCUT2D eigenvalue weighted by Gasteiger charge is -2.11. The summed E-state index contributed by atoms with van der Waals surface area (Å²) >= 11 is 0. The normalized spacial score (nSPS) is 12.4. The van der Waals surface area contributed by atoms with Crippen LogP contribution in [-0.2, 0) is 11.3 Å². The zero-order valence-corrected chi connectivity index (χ0v) is 7.80. The maximum atomic E-state index is 9.94. The second-order valence-corrected chi connectivity index (χ2v) is 2.91. The van der Waals surface area contributed by atoms with Crippen LogP contribution in [0.3, 0.4) is 0 Å². The molecule has 1 rings (SSSR count). The maximum absolute atomic E-state index is 9.94. The van der Waals surface area contributed by atoms with E-state index in [2.05, 4.69) is 5.18 Å². The fourth-order valence-electron chi connectivity index (χ4n) is 1.03. The van der Waals surface area contributed by atoms with Crippen LogP contribution in [0, 0.1) is 4.91 Å². The second-order valence-electron chi connectivity index (χ2n) is 2.91. The van der Waals surface area contributed by atoms with Gasteiger partial charge in [0.2, 0.25) is 0 Å². The van der Waals surface area contributed by atoms with Gasteiger partial charge in [-0.25, -0.2) is 0 Å². The standard InChI is InChI=1S/C10H13NO3/c12-7-10(6-11-13)14-8-9-4-2-1-3-5-9/h1-5,10,12H,6-8H2. The number of rotatable bonds is 6. The van der Waals surface area contributed by atoms with Crippen LogP contribution in [0.25, 0.3) is 0 Å². The van der Waals surface area contributed by atoms with Crippen molar-refractivity contribution in [3.63, 3.8) is 0 Å². The van der Waals surface area contributed by atoms with E-state index in [0.717, 1.165) is 5.56 Å². The molecule has 0 saturated carbocycles. The molecule has 1 aromatic rings. The van der Waals surface area contributed by atoms with Crippen LogP contribution in [0.2, 0.25) is 0 Å². The summed E-state index contributed by atoms with van der Waals surface area (Å²) in [6, 6.07) is 9.57. The average Bonchev–Trinajstić information content (AvgIpc) is 2.25. The van der Waals surface area contributed by atoms with Crippen molar-refractivity contribution >= 4 is 0 Å². The number of aliphatic hydroxyl groups is 1. The predicted molar refractivity (Wildman–Crippen MR) is 52.8 cm³/mol. The number of benzene rings is 1. The molecule has 1 unspecified atom stereocenters. The molecule has 0 fully saturated rings. The molecule has 0 radical (unpaired) electrons. The van der Waals surface area contributed by atoms with E-state index in [-0.39, 0.29) is 13.2 Å². The van der Waals surface area contributed by atoms with Crippen LogP contribution in [-0.4, -0.2) is 24.4 Å². The number of nitroso groups, excluding NO2 is 1. The minimum absolute atomic E-state index is 0.0106. The highest BCUT2D eigenvalue weighted by molar-refractivity contribution is 5.13. The van der Waals surface area contributed by atoms with Crippen molar-refractivity contribution in [2.24, 2.45) is 5.18 Å². The first kappa shape index (κ1) is 10.8. The molecule has 1 atom stereocenters. The van der Waals surface area contributed by atoms with Crippen molar-refractivity contribution in [2.75, 3.05) is 13.2 Å². The van der Waals surface area contributed by atoms with Crippen molar-refractivity contribution < 1.29 is 9.84 Å². The Kier molecular flexibility index (Phi) is 4.82. The third-order valence-electron chi connectivity index (χ3n) is 1.81. The van der Waals surface area contributed by atoms with Gasteiger partial charge in [-0.1, -0.05) is 35.5 Å². The number of ether oxygens (including phenoxy) is 1. The van der Waals surface area contributed by atoms with Gasteiger partial charge in [0, 0.05) is 0 Å². The predicted octanol–water partition coefficient (Wildman–Crippen LogP) is 1.33. The molecule has 0 amide bonds. The summed E-state index contributed by atoms with van der Waals surface area (Å²) < 4.78 is 5.27. The van der Waals surface area contributed by atoms with Gasteiger partial charge in [-0.05, 0) is 5.56 Å². The largest absolute Gasteiger partial charge is 0.394 e. The molecule has 4 nitrogen and oxygen atoms in total. The minimum atomic E-state index is -0.493. The number of hydrogen-bond acceptors (Lipinski definition) is 4. The van der Waals surface area contributed by atoms with Crippen LogP contribution < -0.4 is 0 Å². The molecule has 1 N–H and O–H groups in total. The highest BCUT2D eigenvalue weighted by Gasteiger charge is 2.07. The van der Waals surface area contributed by atoms with Crippen LogP contribution >= 0.6 is 0 Å². The SMILES string of the molecule is O=NCC(CO)OCc1ccccc1. The van der Waals surface area contributed by atoms with Crippen LogP contribution in [0.15, 0.2) is 35.5 Å². The molecular formula is C10H13NO3. The Labute approximate surface area is 82.5 Å². The summed E-state index contributed by atoms with van der Waals surface area (Å²) in [6.07, 6.45) is -0.493. The summed E-state index contributed by atoms with van der Waals surface area (Å²) in [5.41, 5.74) is 1.01. The van der Waals surface area contributed by atoms with Crippen molar-refractivity contribution in [3.05, 3.63) is 40.8 Å². The lowest BCUT2D eigenvalue weighted by Crippen LogP contribution is -2.20. The van der Waals surface area contributed by atoms with E-state index in [9.17, 15) is 4.91 Å². The van der Waals surface area contributed by atoms with Gasteiger partial charge in [-0.2, -0.15) is 4.91 Å². The van der Waals surface area contributed by atoms with Crippen molar-refractivity contribution in [1.82, 2.24) is 0 Å². The monoisotopic (exact) mass is 195 g/mol. The van der Waals surface area contributed by atoms with Crippen molar-refractivity contribution in [2.45, 2.75) is 12.7 Å². The minimum Gasteiger partial charge on any atom is -0.394 e. The van der Waals surface area contributed by atoms with Gasteiger partial charge in [-0.3, -0.25) is 0 Å². The first-order valence-corrected chi connectivity index (χ1v) is 4.42. The van der Waals surface area contributed by atoms with E-state index >= 15 is 0 Å². The smallest absolute Gasteiger partial charge is 0.110 e. The van der Waals surface area contributed by atoms with Gasteiger partial charge in [0.05, 0.1) is 13.2 Å². The summed E-state index contributed by atoms with van der Waals surface area (Å²) in [7, 11) is 0. The lowest BCUT2D eigenvalue weighted by molar-refractivity contribution is 0.00857. The third-order valence-corrected chi connectivity index (χ3v) is 1.81. The summed E-state index contributed by atoms with van der Waals surface area (Å²) in [5.74, 6) is 0. The number of hydrogen-bond donors (Lipinski definition) is 1. The van der Waals surface area contributed by atoms with Gasteiger partial charge >= 0.3 is 0 Å². The van der Waals surface area contributed by atoms with Gasteiger partial charge in [-0.15, -0.1) is 0 Å². The molecule has 0 heterocycles. The third kappa shape index (κ3) is 3.64. The van der Waals surface area contributed by atoms with Crippen LogP contribution in [0.4, 0.5) is 0 Å². The number of nitrogens with zero attached hydrogens (tertiary/aromatic N) is 1. The Morgan fingerprint density at radius 3 is 2.64 bits per heavy atom. The Hall–Kier alpha value is -1.26. The summed E-state index contributed by atoms with van der Waals surface area (Å²) in [5, 5.41) is 11.5. The van der Waals surface area contributed by atoms with E-state index in [0.29, 0.717) is 6.61 Å². The first-order valence-electron chi connectivity index (χ1n) is 4.42. The first-order chi connectivity index (χ1) is 6.86. The van der Waals surface area contributed by atoms with Crippen LogP contribution in [0.1, 0.15) is 5.56 Å². The number of aliphatic hydroxyl groups excluding tert-OH is 1. The van der Waals surface area contributed by atoms with E-state index in [4.69, 9.17) is 9.84 Å². The molecular weight excluding hydrogens is 182 g/mol. The average molecular weight is 195 g/mol. The molecule has 76 valence electrons. The Morgan fingerprint density at radius 2 is 2.07 bits per heavy atom. The van der Waals surface area contributed by atoms with Gasteiger partial charge in [0.1, 0.15) is 12.6 Å². The van der Waals surface area contributed by atoms with Gasteiger partial charge in [0.25, 0.3) is 0 Å². The van der Waals surface area contributed by atoms with E-state index in [1.807, 2.05) is 30.3 Å². The molecule has 1 aromatic carbocycles. The summed E-state index contributed by atoms with van der Waals surface area (Å²) in [4.78, 5) is 9.94. The highest BCUT2D eigenvalue weighted by Crippen LogP contribution is 2.03. The zero-order chi connectivity index (χ0) is 10.2. The van der Waals surface area contributed by atoms with Crippen LogP contribution in [0.5, 0.6) is 0 Å². The molecule has 14 heavy (non-hydrogen) atoms. The topological polar surface area (TPSA) is 58.9 Å².